The minimum atomic E-state index is 0.267. The van der Waals surface area contributed by atoms with E-state index in [0.29, 0.717) is 5.82 Å². The highest BCUT2D eigenvalue weighted by Gasteiger charge is 2.01. The Morgan fingerprint density at radius 3 is 2.83 bits per heavy atom. The molecule has 0 fully saturated rings. The molecule has 0 aliphatic carbocycles. The molecule has 2 heterocycles. The molecule has 0 amide bonds. The van der Waals surface area contributed by atoms with Crippen molar-refractivity contribution < 1.29 is 5.11 Å². The number of aromatic hydroxyl groups is 1. The van der Waals surface area contributed by atoms with Gasteiger partial charge >= 0.3 is 0 Å². The molecule has 0 unspecified atom stereocenters. The first kappa shape index (κ1) is 15.0. The fourth-order valence-electron chi connectivity index (χ4n) is 2.48. The first-order chi connectivity index (χ1) is 11.1. The second-order valence-electron chi connectivity index (χ2n) is 5.69. The summed E-state index contributed by atoms with van der Waals surface area (Å²) in [5, 5.41) is 10.4. The van der Waals surface area contributed by atoms with Crippen LogP contribution in [0.25, 0.3) is 17.0 Å². The maximum absolute atomic E-state index is 9.48. The van der Waals surface area contributed by atoms with Crippen molar-refractivity contribution in [2.75, 3.05) is 5.73 Å². The van der Waals surface area contributed by atoms with E-state index >= 15 is 0 Å². The summed E-state index contributed by atoms with van der Waals surface area (Å²) >= 11 is 0. The first-order valence-corrected chi connectivity index (χ1v) is 7.57. The lowest BCUT2D eigenvalue weighted by atomic mass is 10.1. The van der Waals surface area contributed by atoms with Crippen molar-refractivity contribution in [2.45, 2.75) is 19.8 Å². The molecule has 4 nitrogen and oxygen atoms in total. The van der Waals surface area contributed by atoms with E-state index in [9.17, 15) is 5.11 Å². The topological polar surface area (TPSA) is 72.0 Å². The van der Waals surface area contributed by atoms with E-state index < -0.39 is 0 Å². The third-order valence-electron chi connectivity index (χ3n) is 3.73. The van der Waals surface area contributed by atoms with Gasteiger partial charge in [0, 0.05) is 17.3 Å². The van der Waals surface area contributed by atoms with Crippen LogP contribution in [0.3, 0.4) is 0 Å². The Bertz CT molecular complexity index is 854. The molecule has 3 aromatic rings. The summed E-state index contributed by atoms with van der Waals surface area (Å²) in [6.45, 7) is 2.11. The molecule has 0 radical (unpaired) electrons. The minimum absolute atomic E-state index is 0.267. The SMILES string of the molecule is C/C(=C\c1ccc(N)nc1)CCc1ccc2cc(O)ccc2n1. The second kappa shape index (κ2) is 6.48. The Morgan fingerprint density at radius 1 is 1.17 bits per heavy atom. The Hall–Kier alpha value is -2.88. The van der Waals surface area contributed by atoms with E-state index in [-0.39, 0.29) is 5.75 Å². The van der Waals surface area contributed by atoms with E-state index in [1.54, 1.807) is 24.4 Å². The van der Waals surface area contributed by atoms with E-state index in [2.05, 4.69) is 23.0 Å². The van der Waals surface area contributed by atoms with E-state index in [0.717, 1.165) is 35.0 Å². The van der Waals surface area contributed by atoms with Crippen molar-refractivity contribution in [3.05, 3.63) is 65.5 Å². The number of aromatic nitrogens is 2. The molecule has 0 saturated heterocycles. The number of hydrogen-bond donors (Lipinski definition) is 2. The summed E-state index contributed by atoms with van der Waals surface area (Å²) in [7, 11) is 0. The average Bonchev–Trinajstić information content (AvgIpc) is 2.55. The average molecular weight is 305 g/mol. The Morgan fingerprint density at radius 2 is 2.04 bits per heavy atom. The molecule has 4 heteroatoms. The van der Waals surface area contributed by atoms with E-state index in [1.807, 2.05) is 24.3 Å². The van der Waals surface area contributed by atoms with Crippen LogP contribution in [-0.2, 0) is 6.42 Å². The normalized spacial score (nSPS) is 11.8. The molecule has 0 atom stereocenters. The van der Waals surface area contributed by atoms with Crippen LogP contribution in [0.2, 0.25) is 0 Å². The molecule has 0 saturated carbocycles. The zero-order valence-electron chi connectivity index (χ0n) is 13.0. The molecule has 116 valence electrons. The Labute approximate surface area is 135 Å². The summed E-state index contributed by atoms with van der Waals surface area (Å²) in [6, 6.07) is 13.0. The second-order valence-corrected chi connectivity index (χ2v) is 5.69. The first-order valence-electron chi connectivity index (χ1n) is 7.57. The number of aryl methyl sites for hydroxylation is 1. The third kappa shape index (κ3) is 3.86. The van der Waals surface area contributed by atoms with Gasteiger partial charge in [-0.15, -0.1) is 0 Å². The van der Waals surface area contributed by atoms with Crippen molar-refractivity contribution in [1.82, 2.24) is 9.97 Å². The highest BCUT2D eigenvalue weighted by molar-refractivity contribution is 5.80. The number of allylic oxidation sites excluding steroid dienone is 1. The number of nitrogen functional groups attached to an aromatic ring is 1. The molecule has 2 aromatic heterocycles. The van der Waals surface area contributed by atoms with Gasteiger partial charge < -0.3 is 10.8 Å². The van der Waals surface area contributed by atoms with E-state index in [4.69, 9.17) is 5.73 Å². The molecule has 3 rings (SSSR count). The molecule has 0 aliphatic heterocycles. The largest absolute Gasteiger partial charge is 0.508 e. The highest BCUT2D eigenvalue weighted by atomic mass is 16.3. The maximum atomic E-state index is 9.48. The summed E-state index contributed by atoms with van der Waals surface area (Å²) in [5.41, 5.74) is 9.87. The zero-order chi connectivity index (χ0) is 16.2. The van der Waals surface area contributed by atoms with Gasteiger partial charge in [-0.1, -0.05) is 17.7 Å². The third-order valence-corrected chi connectivity index (χ3v) is 3.73. The van der Waals surface area contributed by atoms with Crippen LogP contribution < -0.4 is 5.73 Å². The maximum Gasteiger partial charge on any atom is 0.123 e. The summed E-state index contributed by atoms with van der Waals surface area (Å²) in [6.07, 6.45) is 5.70. The molecular weight excluding hydrogens is 286 g/mol. The van der Waals surface area contributed by atoms with Gasteiger partial charge in [0.1, 0.15) is 11.6 Å². The minimum Gasteiger partial charge on any atom is -0.508 e. The van der Waals surface area contributed by atoms with Crippen LogP contribution in [-0.4, -0.2) is 15.1 Å². The molecular formula is C19H19N3O. The van der Waals surface area contributed by atoms with Gasteiger partial charge in [0.05, 0.1) is 5.52 Å². The van der Waals surface area contributed by atoms with Gasteiger partial charge in [0.15, 0.2) is 0 Å². The lowest BCUT2D eigenvalue weighted by Gasteiger charge is -2.05. The smallest absolute Gasteiger partial charge is 0.123 e. The number of anilines is 1. The number of benzene rings is 1. The monoisotopic (exact) mass is 305 g/mol. The van der Waals surface area contributed by atoms with Gasteiger partial charge in [-0.3, -0.25) is 4.98 Å². The molecule has 0 spiro atoms. The van der Waals surface area contributed by atoms with Crippen molar-refractivity contribution in [2.24, 2.45) is 0 Å². The standard InChI is InChI=1S/C19H19N3O/c1-13(10-14-3-9-19(20)21-12-14)2-5-16-6-4-15-11-17(23)7-8-18(15)22-16/h3-4,6-12,23H,2,5H2,1H3,(H2,20,21)/b13-10+. The Balaban J connectivity index is 1.69. The van der Waals surface area contributed by atoms with Crippen molar-refractivity contribution in [3.63, 3.8) is 0 Å². The predicted molar refractivity (Wildman–Crippen MR) is 94.0 cm³/mol. The number of rotatable bonds is 4. The number of nitrogens with zero attached hydrogens (tertiary/aromatic N) is 2. The van der Waals surface area contributed by atoms with Crippen LogP contribution in [0.5, 0.6) is 5.75 Å². The molecule has 0 bridgehead atoms. The predicted octanol–water partition coefficient (Wildman–Crippen LogP) is 3.95. The van der Waals surface area contributed by atoms with Crippen LogP contribution in [0, 0.1) is 0 Å². The summed E-state index contributed by atoms with van der Waals surface area (Å²) in [5.74, 6) is 0.800. The molecule has 3 N–H and O–H groups in total. The fourth-order valence-corrected chi connectivity index (χ4v) is 2.48. The Kier molecular flexibility index (Phi) is 4.24. The molecule has 23 heavy (non-hydrogen) atoms. The van der Waals surface area contributed by atoms with Gasteiger partial charge in [-0.25, -0.2) is 4.98 Å². The highest BCUT2D eigenvalue weighted by Crippen LogP contribution is 2.20. The summed E-state index contributed by atoms with van der Waals surface area (Å²) in [4.78, 5) is 8.73. The quantitative estimate of drug-likeness (QED) is 0.765. The van der Waals surface area contributed by atoms with Crippen LogP contribution in [0.1, 0.15) is 24.6 Å². The summed E-state index contributed by atoms with van der Waals surface area (Å²) < 4.78 is 0. The molecule has 1 aromatic carbocycles. The number of nitrogens with two attached hydrogens (primary N) is 1. The van der Waals surface area contributed by atoms with Crippen molar-refractivity contribution in [1.29, 1.82) is 0 Å². The number of phenols is 1. The van der Waals surface area contributed by atoms with Gasteiger partial charge in [0.2, 0.25) is 0 Å². The molecule has 0 aliphatic rings. The van der Waals surface area contributed by atoms with Gasteiger partial charge in [-0.2, -0.15) is 0 Å². The lowest BCUT2D eigenvalue weighted by molar-refractivity contribution is 0.476. The number of fused-ring (bicyclic) bond motifs is 1. The van der Waals surface area contributed by atoms with Crippen molar-refractivity contribution in [3.8, 4) is 5.75 Å². The van der Waals surface area contributed by atoms with Crippen molar-refractivity contribution >= 4 is 22.8 Å². The van der Waals surface area contributed by atoms with Crippen LogP contribution in [0.4, 0.5) is 5.82 Å². The number of hydrogen-bond acceptors (Lipinski definition) is 4. The lowest BCUT2D eigenvalue weighted by Crippen LogP contribution is -1.92. The number of phenolic OH excluding ortho intramolecular Hbond substituents is 1. The fraction of sp³-hybridized carbons (Fsp3) is 0.158. The zero-order valence-corrected chi connectivity index (χ0v) is 13.0. The van der Waals surface area contributed by atoms with Gasteiger partial charge in [0.25, 0.3) is 0 Å². The van der Waals surface area contributed by atoms with Crippen LogP contribution in [0.15, 0.2) is 54.2 Å². The van der Waals surface area contributed by atoms with E-state index in [1.165, 1.54) is 5.57 Å². The van der Waals surface area contributed by atoms with Crippen LogP contribution >= 0.6 is 0 Å². The number of pyridine rings is 2. The van der Waals surface area contributed by atoms with Gasteiger partial charge in [-0.05, 0) is 61.7 Å².